The van der Waals surface area contributed by atoms with Crippen molar-refractivity contribution in [1.82, 2.24) is 4.57 Å². The van der Waals surface area contributed by atoms with Gasteiger partial charge in [-0.25, -0.2) is 4.79 Å². The van der Waals surface area contributed by atoms with Crippen LogP contribution in [0.2, 0.25) is 0 Å². The highest BCUT2D eigenvalue weighted by Crippen LogP contribution is 2.43. The minimum Gasteiger partial charge on any atom is -0.495 e. The van der Waals surface area contributed by atoms with Crippen LogP contribution in [0.5, 0.6) is 5.75 Å². The number of nitrogens with zero attached hydrogens (tertiary/aromatic N) is 1. The van der Waals surface area contributed by atoms with E-state index in [0.717, 1.165) is 10.9 Å². The molecule has 0 atom stereocenters. The molecule has 1 aliphatic rings. The van der Waals surface area contributed by atoms with Gasteiger partial charge in [0.15, 0.2) is 0 Å². The van der Waals surface area contributed by atoms with E-state index in [1.165, 1.54) is 25.6 Å². The molecule has 100 valence electrons. The molecule has 0 radical (unpaired) electrons. The smallest absolute Gasteiger partial charge is 0.338 e. The second kappa shape index (κ2) is 4.30. The summed E-state index contributed by atoms with van der Waals surface area (Å²) in [5.41, 5.74) is 2.88. The van der Waals surface area contributed by atoms with Gasteiger partial charge < -0.3 is 14.0 Å². The minimum atomic E-state index is -0.336. The first-order chi connectivity index (χ1) is 9.15. The van der Waals surface area contributed by atoms with E-state index < -0.39 is 0 Å². The third-order valence-electron chi connectivity index (χ3n) is 3.77. The van der Waals surface area contributed by atoms with Crippen LogP contribution in [0.25, 0.3) is 10.9 Å². The van der Waals surface area contributed by atoms with Gasteiger partial charge >= 0.3 is 5.97 Å². The van der Waals surface area contributed by atoms with Gasteiger partial charge in [0, 0.05) is 18.1 Å². The molecule has 1 saturated carbocycles. The zero-order chi connectivity index (χ0) is 13.6. The number of rotatable bonds is 3. The molecule has 4 heteroatoms. The first-order valence-electron chi connectivity index (χ1n) is 6.41. The van der Waals surface area contributed by atoms with Crippen molar-refractivity contribution in [2.75, 3.05) is 14.2 Å². The lowest BCUT2D eigenvalue weighted by Crippen LogP contribution is -2.02. The van der Waals surface area contributed by atoms with Crippen molar-refractivity contribution in [3.63, 3.8) is 0 Å². The lowest BCUT2D eigenvalue weighted by Gasteiger charge is -2.08. The summed E-state index contributed by atoms with van der Waals surface area (Å²) in [7, 11) is 5.07. The Morgan fingerprint density at radius 1 is 1.26 bits per heavy atom. The number of ether oxygens (including phenoxy) is 2. The summed E-state index contributed by atoms with van der Waals surface area (Å²) >= 11 is 0. The molecule has 0 N–H and O–H groups in total. The first kappa shape index (κ1) is 12.1. The van der Waals surface area contributed by atoms with Gasteiger partial charge in [-0.2, -0.15) is 0 Å². The number of methoxy groups -OCH3 is 2. The third-order valence-corrected chi connectivity index (χ3v) is 3.77. The maximum absolute atomic E-state index is 11.7. The Balaban J connectivity index is 2.23. The largest absolute Gasteiger partial charge is 0.495 e. The second-order valence-corrected chi connectivity index (χ2v) is 5.01. The molecule has 1 aliphatic carbocycles. The van der Waals surface area contributed by atoms with Crippen LogP contribution in [0.4, 0.5) is 0 Å². The number of hydrogen-bond donors (Lipinski definition) is 0. The highest BCUT2D eigenvalue weighted by Gasteiger charge is 2.28. The van der Waals surface area contributed by atoms with Crippen molar-refractivity contribution in [2.24, 2.45) is 7.05 Å². The van der Waals surface area contributed by atoms with Crippen LogP contribution in [-0.2, 0) is 11.8 Å². The van der Waals surface area contributed by atoms with E-state index >= 15 is 0 Å². The first-order valence-corrected chi connectivity index (χ1v) is 6.41. The van der Waals surface area contributed by atoms with Crippen LogP contribution in [0.1, 0.15) is 34.8 Å². The topological polar surface area (TPSA) is 40.5 Å². The van der Waals surface area contributed by atoms with Crippen molar-refractivity contribution < 1.29 is 14.3 Å². The standard InChI is InChI=1S/C15H17NO3/c1-16-12(9-4-5-9)7-10-6-11(15(17)19-3)8-13(18-2)14(10)16/h6-9H,4-5H2,1-3H3. The number of carbonyl (C=O) groups excluding carboxylic acids is 1. The van der Waals surface area contributed by atoms with Gasteiger partial charge in [-0.1, -0.05) is 0 Å². The molecule has 4 nitrogen and oxygen atoms in total. The lowest BCUT2D eigenvalue weighted by molar-refractivity contribution is 0.0600. The molecule has 1 aromatic carbocycles. The maximum Gasteiger partial charge on any atom is 0.338 e. The van der Waals surface area contributed by atoms with Crippen molar-refractivity contribution in [3.8, 4) is 5.75 Å². The summed E-state index contributed by atoms with van der Waals surface area (Å²) in [6.45, 7) is 0. The Kier molecular flexibility index (Phi) is 2.73. The number of carbonyl (C=O) groups is 1. The summed E-state index contributed by atoms with van der Waals surface area (Å²) in [5.74, 6) is 1.04. The summed E-state index contributed by atoms with van der Waals surface area (Å²) < 4.78 is 12.4. The van der Waals surface area contributed by atoms with Crippen LogP contribution in [0.3, 0.4) is 0 Å². The second-order valence-electron chi connectivity index (χ2n) is 5.01. The van der Waals surface area contributed by atoms with Gasteiger partial charge in [-0.3, -0.25) is 0 Å². The summed E-state index contributed by atoms with van der Waals surface area (Å²) in [6, 6.07) is 5.77. The van der Waals surface area contributed by atoms with Gasteiger partial charge in [0.1, 0.15) is 5.75 Å². The van der Waals surface area contributed by atoms with Crippen LogP contribution in [-0.4, -0.2) is 24.8 Å². The Labute approximate surface area is 111 Å². The number of aromatic nitrogens is 1. The fourth-order valence-electron chi connectivity index (χ4n) is 2.65. The Morgan fingerprint density at radius 3 is 2.58 bits per heavy atom. The van der Waals surface area contributed by atoms with Crippen LogP contribution < -0.4 is 4.74 Å². The Morgan fingerprint density at radius 2 is 2.00 bits per heavy atom. The van der Waals surface area contributed by atoms with Gasteiger partial charge in [0.2, 0.25) is 0 Å². The maximum atomic E-state index is 11.7. The van der Waals surface area contributed by atoms with Crippen LogP contribution >= 0.6 is 0 Å². The average molecular weight is 259 g/mol. The van der Waals surface area contributed by atoms with E-state index in [2.05, 4.69) is 17.7 Å². The molecule has 0 spiro atoms. The molecular formula is C15H17NO3. The van der Waals surface area contributed by atoms with E-state index in [1.54, 1.807) is 13.2 Å². The van der Waals surface area contributed by atoms with Crippen molar-refractivity contribution >= 4 is 16.9 Å². The predicted octanol–water partition coefficient (Wildman–Crippen LogP) is 2.85. The summed E-state index contributed by atoms with van der Waals surface area (Å²) in [5, 5.41) is 1.03. The van der Waals surface area contributed by atoms with Crippen molar-refractivity contribution in [2.45, 2.75) is 18.8 Å². The molecule has 2 aromatic rings. The number of benzene rings is 1. The van der Waals surface area contributed by atoms with Crippen molar-refractivity contribution in [1.29, 1.82) is 0 Å². The summed E-state index contributed by atoms with van der Waals surface area (Å²) in [6.07, 6.45) is 2.49. The highest BCUT2D eigenvalue weighted by molar-refractivity contribution is 5.98. The monoisotopic (exact) mass is 259 g/mol. The molecule has 1 heterocycles. The minimum absolute atomic E-state index is 0.336. The SMILES string of the molecule is COC(=O)c1cc(OC)c2c(c1)cc(C1CC1)n2C. The van der Waals surface area contributed by atoms with Gasteiger partial charge in [-0.15, -0.1) is 0 Å². The summed E-state index contributed by atoms with van der Waals surface area (Å²) in [4.78, 5) is 11.7. The molecule has 0 bridgehead atoms. The molecule has 1 aromatic heterocycles. The van der Waals surface area contributed by atoms with Crippen LogP contribution in [0, 0.1) is 0 Å². The highest BCUT2D eigenvalue weighted by atomic mass is 16.5. The molecule has 0 aliphatic heterocycles. The molecule has 19 heavy (non-hydrogen) atoms. The van der Waals surface area contributed by atoms with E-state index in [1.807, 2.05) is 6.07 Å². The lowest BCUT2D eigenvalue weighted by atomic mass is 10.1. The fourth-order valence-corrected chi connectivity index (χ4v) is 2.65. The zero-order valence-electron chi connectivity index (χ0n) is 11.4. The zero-order valence-corrected chi connectivity index (χ0v) is 11.4. The van der Waals surface area contributed by atoms with E-state index in [0.29, 0.717) is 17.2 Å². The Bertz CT molecular complexity index is 653. The number of fused-ring (bicyclic) bond motifs is 1. The predicted molar refractivity (Wildman–Crippen MR) is 72.8 cm³/mol. The number of hydrogen-bond acceptors (Lipinski definition) is 3. The molecule has 3 rings (SSSR count). The molecule has 0 amide bonds. The van der Waals surface area contributed by atoms with E-state index in [4.69, 9.17) is 9.47 Å². The van der Waals surface area contributed by atoms with Gasteiger partial charge in [-0.05, 0) is 37.0 Å². The normalized spacial score (nSPS) is 14.7. The third kappa shape index (κ3) is 1.87. The van der Waals surface area contributed by atoms with Crippen molar-refractivity contribution in [3.05, 3.63) is 29.5 Å². The Hall–Kier alpha value is -1.97. The van der Waals surface area contributed by atoms with E-state index in [-0.39, 0.29) is 5.97 Å². The van der Waals surface area contributed by atoms with Gasteiger partial charge in [0.25, 0.3) is 0 Å². The quantitative estimate of drug-likeness (QED) is 0.796. The van der Waals surface area contributed by atoms with Crippen LogP contribution in [0.15, 0.2) is 18.2 Å². The molecular weight excluding hydrogens is 242 g/mol. The fraction of sp³-hybridized carbons (Fsp3) is 0.400. The number of esters is 1. The molecule has 1 fully saturated rings. The number of aryl methyl sites for hydroxylation is 1. The molecule has 0 saturated heterocycles. The van der Waals surface area contributed by atoms with Gasteiger partial charge in [0.05, 0.1) is 25.3 Å². The van der Waals surface area contributed by atoms with E-state index in [9.17, 15) is 4.79 Å². The average Bonchev–Trinajstić information content (AvgIpc) is 3.22. The molecule has 0 unspecified atom stereocenters.